The van der Waals surface area contributed by atoms with E-state index >= 15 is 0 Å². The maximum absolute atomic E-state index is 13.5. The van der Waals surface area contributed by atoms with Crippen LogP contribution < -0.4 is 9.47 Å². The number of aryl methyl sites for hydroxylation is 2. The molecule has 0 radical (unpaired) electrons. The number of nitrogens with zero attached hydrogens (tertiary/aromatic N) is 2. The standard InChI is InChI=1S/C37H58N2O6S2/c1-5-7-9-11-13-15-17-19-21-27-44-33-23-25-35(31(3)29-33)46(40,41)37(39-38)47(42,43)36-26-24-34(30-32(36)4)45-28-22-20-18-16-14-12-10-8-6-2/h23-26,29-30H,5-22,27-28H2,1-4H3. The molecule has 0 aliphatic rings. The van der Waals surface area contributed by atoms with Crippen LogP contribution in [0.3, 0.4) is 0 Å². The van der Waals surface area contributed by atoms with Crippen LogP contribution in [-0.2, 0) is 19.7 Å². The van der Waals surface area contributed by atoms with Crippen molar-refractivity contribution in [2.75, 3.05) is 13.2 Å². The summed E-state index contributed by atoms with van der Waals surface area (Å²) in [6.45, 7) is 8.58. The predicted octanol–water partition coefficient (Wildman–Crippen LogP) is 9.96. The van der Waals surface area contributed by atoms with E-state index in [4.69, 9.17) is 9.47 Å². The molecule has 0 N–H and O–H groups in total. The topological polar surface area (TPSA) is 123 Å². The Labute approximate surface area is 285 Å². The van der Waals surface area contributed by atoms with Crippen LogP contribution in [0.15, 0.2) is 46.2 Å². The van der Waals surface area contributed by atoms with Gasteiger partial charge in [-0.3, -0.25) is 0 Å². The van der Waals surface area contributed by atoms with Crippen molar-refractivity contribution in [1.82, 2.24) is 0 Å². The molecule has 2 aromatic carbocycles. The van der Waals surface area contributed by atoms with Crippen LogP contribution >= 0.6 is 0 Å². The van der Waals surface area contributed by atoms with E-state index in [9.17, 15) is 22.4 Å². The molecule has 0 saturated heterocycles. The number of benzene rings is 2. The van der Waals surface area contributed by atoms with E-state index in [1.165, 1.54) is 101 Å². The highest BCUT2D eigenvalue weighted by atomic mass is 32.3. The summed E-state index contributed by atoms with van der Waals surface area (Å²) in [5.41, 5.74) is 10.3. The minimum atomic E-state index is -4.68. The van der Waals surface area contributed by atoms with Crippen molar-refractivity contribution in [3.63, 3.8) is 0 Å². The molecule has 0 fully saturated rings. The van der Waals surface area contributed by atoms with Gasteiger partial charge >= 0.3 is 4.38 Å². The molecule has 0 aliphatic heterocycles. The van der Waals surface area contributed by atoms with Crippen molar-refractivity contribution >= 4 is 24.1 Å². The summed E-state index contributed by atoms with van der Waals surface area (Å²) >= 11 is 0. The second kappa shape index (κ2) is 22.0. The lowest BCUT2D eigenvalue weighted by atomic mass is 10.1. The van der Waals surface area contributed by atoms with Crippen LogP contribution in [0.2, 0.25) is 0 Å². The average molecular weight is 691 g/mol. The van der Waals surface area contributed by atoms with Gasteiger partial charge < -0.3 is 15.0 Å². The zero-order valence-corrected chi connectivity index (χ0v) is 30.9. The number of unbranched alkanes of at least 4 members (excludes halogenated alkanes) is 16. The Bertz CT molecular complexity index is 1380. The van der Waals surface area contributed by atoms with Gasteiger partial charge in [0.05, 0.1) is 23.0 Å². The fourth-order valence-electron chi connectivity index (χ4n) is 5.67. The normalized spacial score (nSPS) is 11.7. The van der Waals surface area contributed by atoms with Crippen molar-refractivity contribution in [2.24, 2.45) is 0 Å². The fourth-order valence-corrected chi connectivity index (χ4v) is 9.42. The summed E-state index contributed by atoms with van der Waals surface area (Å²) in [5, 5.41) is 0. The number of hydrogen-bond donors (Lipinski definition) is 0. The molecule has 0 spiro atoms. The Kier molecular flexibility index (Phi) is 19.0. The maximum Gasteiger partial charge on any atom is 0.504 e. The van der Waals surface area contributed by atoms with Crippen LogP contribution in [-0.4, -0.2) is 39.2 Å². The van der Waals surface area contributed by atoms with Crippen molar-refractivity contribution in [2.45, 2.75) is 153 Å². The monoisotopic (exact) mass is 690 g/mol. The smallest absolute Gasteiger partial charge is 0.494 e. The zero-order chi connectivity index (χ0) is 34.5. The van der Waals surface area contributed by atoms with Gasteiger partial charge in [0.2, 0.25) is 0 Å². The molecule has 2 rings (SSSR count). The third-order valence-electron chi connectivity index (χ3n) is 8.45. The van der Waals surface area contributed by atoms with Crippen molar-refractivity contribution in [3.05, 3.63) is 53.1 Å². The largest absolute Gasteiger partial charge is 0.504 e. The number of ether oxygens (including phenoxy) is 2. The summed E-state index contributed by atoms with van der Waals surface area (Å²) in [4.78, 5) is 2.28. The van der Waals surface area contributed by atoms with Crippen LogP contribution in [0, 0.1) is 13.8 Å². The van der Waals surface area contributed by atoms with Gasteiger partial charge in [0.15, 0.2) is 0 Å². The van der Waals surface area contributed by atoms with E-state index in [-0.39, 0.29) is 9.79 Å². The summed E-state index contributed by atoms with van der Waals surface area (Å²) < 4.78 is 64.4. The van der Waals surface area contributed by atoms with Crippen LogP contribution in [0.5, 0.6) is 11.5 Å². The first-order chi connectivity index (χ1) is 22.6. The molecule has 0 heterocycles. The van der Waals surface area contributed by atoms with Gasteiger partial charge in [0.25, 0.3) is 19.7 Å². The Morgan fingerprint density at radius 1 is 0.553 bits per heavy atom. The number of rotatable bonds is 24. The number of sulfone groups is 2. The van der Waals surface area contributed by atoms with E-state index in [1.54, 1.807) is 26.0 Å². The Morgan fingerprint density at radius 3 is 1.17 bits per heavy atom. The lowest BCUT2D eigenvalue weighted by molar-refractivity contribution is 0.00379. The average Bonchev–Trinajstić information content (AvgIpc) is 3.02. The fraction of sp³-hybridized carbons (Fsp3) is 0.649. The Hall–Kier alpha value is -2.68. The van der Waals surface area contributed by atoms with Gasteiger partial charge in [-0.15, -0.1) is 4.79 Å². The molecular weight excluding hydrogens is 633 g/mol. The third-order valence-corrected chi connectivity index (χ3v) is 12.9. The van der Waals surface area contributed by atoms with Gasteiger partial charge in [-0.2, -0.15) is 0 Å². The first-order valence-electron chi connectivity index (χ1n) is 17.8. The first-order valence-corrected chi connectivity index (χ1v) is 20.7. The minimum absolute atomic E-state index is 0.261. The van der Waals surface area contributed by atoms with E-state index < -0.39 is 24.1 Å². The zero-order valence-electron chi connectivity index (χ0n) is 29.3. The second-order valence-corrected chi connectivity index (χ2v) is 16.5. The van der Waals surface area contributed by atoms with Gasteiger partial charge in [0, 0.05) is 0 Å². The molecule has 264 valence electrons. The summed E-state index contributed by atoms with van der Waals surface area (Å²) in [6, 6.07) is 8.72. The van der Waals surface area contributed by atoms with E-state index in [0.29, 0.717) is 35.8 Å². The SMILES string of the molecule is CCCCCCCCCCCOc1ccc(S(=O)(=O)C(=[N+]=[N-])S(=O)(=O)c2ccc(OCCCCCCCCCCC)cc2C)c(C)c1. The Morgan fingerprint density at radius 2 is 0.872 bits per heavy atom. The Balaban J connectivity index is 1.94. The molecule has 8 nitrogen and oxygen atoms in total. The molecule has 47 heavy (non-hydrogen) atoms. The molecule has 0 bridgehead atoms. The molecular formula is C37H58N2O6S2. The van der Waals surface area contributed by atoms with Gasteiger partial charge in [-0.25, -0.2) is 16.8 Å². The van der Waals surface area contributed by atoms with Crippen molar-refractivity contribution < 1.29 is 31.1 Å². The lowest BCUT2D eigenvalue weighted by Crippen LogP contribution is -2.27. The van der Waals surface area contributed by atoms with E-state index in [0.717, 1.165) is 38.5 Å². The second-order valence-electron chi connectivity index (χ2n) is 12.6. The molecule has 2 aromatic rings. The molecule has 0 atom stereocenters. The molecule has 0 aromatic heterocycles. The van der Waals surface area contributed by atoms with Crippen LogP contribution in [0.25, 0.3) is 5.53 Å². The molecule has 0 aliphatic carbocycles. The third kappa shape index (κ3) is 13.8. The predicted molar refractivity (Wildman–Crippen MR) is 191 cm³/mol. The van der Waals surface area contributed by atoms with Gasteiger partial charge in [-0.1, -0.05) is 117 Å². The summed E-state index contributed by atoms with van der Waals surface area (Å²) in [7, 11) is -9.36. The van der Waals surface area contributed by atoms with E-state index in [2.05, 4.69) is 18.6 Å². The molecule has 10 heteroatoms. The van der Waals surface area contributed by atoms with Gasteiger partial charge in [0.1, 0.15) is 11.5 Å². The maximum atomic E-state index is 13.5. The van der Waals surface area contributed by atoms with Crippen LogP contribution in [0.1, 0.15) is 141 Å². The van der Waals surface area contributed by atoms with Crippen LogP contribution in [0.4, 0.5) is 0 Å². The molecule has 0 amide bonds. The number of hydrogen-bond acceptors (Lipinski definition) is 6. The van der Waals surface area contributed by atoms with E-state index in [1.807, 2.05) is 0 Å². The summed E-state index contributed by atoms with van der Waals surface area (Å²) in [6.07, 6.45) is 21.6. The first kappa shape index (κ1) is 40.5. The van der Waals surface area contributed by atoms with Crippen molar-refractivity contribution in [1.29, 1.82) is 0 Å². The summed E-state index contributed by atoms with van der Waals surface area (Å²) in [5.74, 6) is 1.00. The molecule has 0 saturated carbocycles. The lowest BCUT2D eigenvalue weighted by Gasteiger charge is -2.11. The molecule has 0 unspecified atom stereocenters. The highest BCUT2D eigenvalue weighted by Crippen LogP contribution is 2.29. The van der Waals surface area contributed by atoms with Crippen molar-refractivity contribution in [3.8, 4) is 11.5 Å². The quantitative estimate of drug-likeness (QED) is 0.0355. The highest BCUT2D eigenvalue weighted by molar-refractivity contribution is 8.31. The van der Waals surface area contributed by atoms with Gasteiger partial charge in [-0.05, 0) is 74.2 Å². The highest BCUT2D eigenvalue weighted by Gasteiger charge is 2.45. The minimum Gasteiger partial charge on any atom is -0.494 e.